The third kappa shape index (κ3) is 4.65. The van der Waals surface area contributed by atoms with Gasteiger partial charge < -0.3 is 10.5 Å². The van der Waals surface area contributed by atoms with Crippen LogP contribution in [0.25, 0.3) is 0 Å². The van der Waals surface area contributed by atoms with Gasteiger partial charge in [0.2, 0.25) is 0 Å². The van der Waals surface area contributed by atoms with Gasteiger partial charge in [0.05, 0.1) is 6.61 Å². The fraction of sp³-hybridized carbons (Fsp3) is 0.917. The first-order valence-electron chi connectivity index (χ1n) is 6.01. The topological polar surface area (TPSA) is 52.3 Å². The molecule has 1 fully saturated rings. The van der Waals surface area contributed by atoms with Crippen molar-refractivity contribution < 1.29 is 9.53 Å². The van der Waals surface area contributed by atoms with Gasteiger partial charge in [-0.3, -0.25) is 4.79 Å². The van der Waals surface area contributed by atoms with Crippen molar-refractivity contribution in [2.45, 2.75) is 52.0 Å². The Morgan fingerprint density at radius 1 is 1.40 bits per heavy atom. The van der Waals surface area contributed by atoms with Crippen molar-refractivity contribution in [2.75, 3.05) is 6.61 Å². The molecule has 1 unspecified atom stereocenters. The Balaban J connectivity index is 2.16. The summed E-state index contributed by atoms with van der Waals surface area (Å²) in [5, 5.41) is 0. The maximum atomic E-state index is 11.5. The summed E-state index contributed by atoms with van der Waals surface area (Å²) in [4.78, 5) is 11.5. The highest BCUT2D eigenvalue weighted by atomic mass is 16.5. The highest BCUT2D eigenvalue weighted by molar-refractivity contribution is 5.75. The monoisotopic (exact) mass is 213 g/mol. The SMILES string of the molecule is CC(C)CC(N)C(=O)OCC1CCCC1. The average Bonchev–Trinajstić information content (AvgIpc) is 2.65. The van der Waals surface area contributed by atoms with Crippen LogP contribution in [0.5, 0.6) is 0 Å². The highest BCUT2D eigenvalue weighted by Crippen LogP contribution is 2.24. The Morgan fingerprint density at radius 2 is 2.00 bits per heavy atom. The fourth-order valence-electron chi connectivity index (χ4n) is 2.09. The summed E-state index contributed by atoms with van der Waals surface area (Å²) in [6.07, 6.45) is 5.67. The van der Waals surface area contributed by atoms with Crippen LogP contribution in [0.15, 0.2) is 0 Å². The van der Waals surface area contributed by atoms with E-state index in [9.17, 15) is 4.79 Å². The molecule has 15 heavy (non-hydrogen) atoms. The third-order valence-electron chi connectivity index (χ3n) is 2.96. The second-order valence-electron chi connectivity index (χ2n) is 5.02. The minimum Gasteiger partial charge on any atom is -0.464 e. The maximum absolute atomic E-state index is 11.5. The Kier molecular flexibility index (Phi) is 5.09. The molecule has 3 heteroatoms. The summed E-state index contributed by atoms with van der Waals surface area (Å²) in [5.41, 5.74) is 5.73. The quantitative estimate of drug-likeness (QED) is 0.711. The van der Waals surface area contributed by atoms with E-state index in [0.717, 1.165) is 0 Å². The van der Waals surface area contributed by atoms with Gasteiger partial charge in [0, 0.05) is 0 Å². The van der Waals surface area contributed by atoms with E-state index in [4.69, 9.17) is 10.5 Å². The number of nitrogens with two attached hydrogens (primary N) is 1. The molecule has 1 aliphatic carbocycles. The average molecular weight is 213 g/mol. The van der Waals surface area contributed by atoms with Crippen LogP contribution < -0.4 is 5.73 Å². The largest absolute Gasteiger partial charge is 0.464 e. The van der Waals surface area contributed by atoms with E-state index in [1.165, 1.54) is 25.7 Å². The van der Waals surface area contributed by atoms with Crippen molar-refractivity contribution in [1.82, 2.24) is 0 Å². The minimum atomic E-state index is -0.439. The van der Waals surface area contributed by atoms with Gasteiger partial charge in [-0.15, -0.1) is 0 Å². The third-order valence-corrected chi connectivity index (χ3v) is 2.96. The van der Waals surface area contributed by atoms with Crippen molar-refractivity contribution in [3.8, 4) is 0 Å². The molecule has 88 valence electrons. The fourth-order valence-corrected chi connectivity index (χ4v) is 2.09. The van der Waals surface area contributed by atoms with Crippen LogP contribution >= 0.6 is 0 Å². The molecule has 1 saturated carbocycles. The number of carbonyl (C=O) groups is 1. The van der Waals surface area contributed by atoms with Crippen molar-refractivity contribution >= 4 is 5.97 Å². The number of esters is 1. The summed E-state index contributed by atoms with van der Waals surface area (Å²) in [6.45, 7) is 4.69. The van der Waals surface area contributed by atoms with Crippen molar-refractivity contribution in [2.24, 2.45) is 17.6 Å². The van der Waals surface area contributed by atoms with E-state index in [1.54, 1.807) is 0 Å². The summed E-state index contributed by atoms with van der Waals surface area (Å²) in [6, 6.07) is -0.439. The molecule has 0 amide bonds. The lowest BCUT2D eigenvalue weighted by atomic mass is 10.0. The van der Waals surface area contributed by atoms with Gasteiger partial charge >= 0.3 is 5.97 Å². The van der Waals surface area contributed by atoms with Crippen molar-refractivity contribution in [3.05, 3.63) is 0 Å². The molecule has 2 N–H and O–H groups in total. The van der Waals surface area contributed by atoms with Crippen molar-refractivity contribution in [3.63, 3.8) is 0 Å². The predicted molar refractivity (Wildman–Crippen MR) is 60.3 cm³/mol. The zero-order chi connectivity index (χ0) is 11.3. The number of rotatable bonds is 5. The van der Waals surface area contributed by atoms with Crippen LogP contribution in [0.3, 0.4) is 0 Å². The second kappa shape index (κ2) is 6.11. The number of carbonyl (C=O) groups excluding carboxylic acids is 1. The number of hydrogen-bond acceptors (Lipinski definition) is 3. The maximum Gasteiger partial charge on any atom is 0.322 e. The van der Waals surface area contributed by atoms with Gasteiger partial charge in [0.15, 0.2) is 0 Å². The lowest BCUT2D eigenvalue weighted by Gasteiger charge is -2.15. The van der Waals surface area contributed by atoms with Crippen LogP contribution in [-0.2, 0) is 9.53 Å². The molecule has 0 saturated heterocycles. The predicted octanol–water partition coefficient (Wildman–Crippen LogP) is 2.09. The Morgan fingerprint density at radius 3 is 2.53 bits per heavy atom. The smallest absolute Gasteiger partial charge is 0.322 e. The van der Waals surface area contributed by atoms with E-state index in [-0.39, 0.29) is 5.97 Å². The molecule has 1 aliphatic rings. The highest BCUT2D eigenvalue weighted by Gasteiger charge is 2.20. The normalized spacial score (nSPS) is 19.5. The minimum absolute atomic E-state index is 0.226. The van der Waals surface area contributed by atoms with Crippen LogP contribution in [-0.4, -0.2) is 18.6 Å². The van der Waals surface area contributed by atoms with Crippen molar-refractivity contribution in [1.29, 1.82) is 0 Å². The van der Waals surface area contributed by atoms with Crippen LogP contribution in [0.1, 0.15) is 46.0 Å². The zero-order valence-electron chi connectivity index (χ0n) is 9.87. The number of hydrogen-bond donors (Lipinski definition) is 1. The van der Waals surface area contributed by atoms with E-state index in [2.05, 4.69) is 13.8 Å². The van der Waals surface area contributed by atoms with Gasteiger partial charge in [0.1, 0.15) is 6.04 Å². The first-order chi connectivity index (χ1) is 7.09. The Bertz CT molecular complexity index is 198. The van der Waals surface area contributed by atoms with E-state index in [0.29, 0.717) is 24.9 Å². The number of ether oxygens (including phenoxy) is 1. The molecule has 0 aliphatic heterocycles. The molecule has 1 rings (SSSR count). The molecule has 0 bridgehead atoms. The van der Waals surface area contributed by atoms with Gasteiger partial charge in [-0.05, 0) is 31.1 Å². The molecule has 0 spiro atoms. The van der Waals surface area contributed by atoms with Gasteiger partial charge in [-0.2, -0.15) is 0 Å². The molecule has 0 aromatic carbocycles. The van der Waals surface area contributed by atoms with E-state index < -0.39 is 6.04 Å². The molecule has 3 nitrogen and oxygen atoms in total. The summed E-state index contributed by atoms with van der Waals surface area (Å²) >= 11 is 0. The molecular weight excluding hydrogens is 190 g/mol. The molecule has 0 radical (unpaired) electrons. The second-order valence-corrected chi connectivity index (χ2v) is 5.02. The summed E-state index contributed by atoms with van der Waals surface area (Å²) in [7, 11) is 0. The van der Waals surface area contributed by atoms with Crippen LogP contribution in [0.2, 0.25) is 0 Å². The molecular formula is C12H23NO2. The van der Waals surface area contributed by atoms with Gasteiger partial charge in [-0.25, -0.2) is 0 Å². The standard InChI is InChI=1S/C12H23NO2/c1-9(2)7-11(13)12(14)15-8-10-5-3-4-6-10/h9-11H,3-8,13H2,1-2H3. The summed E-state index contributed by atoms with van der Waals surface area (Å²) in [5.74, 6) is 0.801. The van der Waals surface area contributed by atoms with E-state index >= 15 is 0 Å². The van der Waals surface area contributed by atoms with Gasteiger partial charge in [-0.1, -0.05) is 26.7 Å². The zero-order valence-corrected chi connectivity index (χ0v) is 9.87. The Hall–Kier alpha value is -0.570. The molecule has 0 aromatic rings. The Labute approximate surface area is 92.4 Å². The lowest BCUT2D eigenvalue weighted by molar-refractivity contribution is -0.146. The van der Waals surface area contributed by atoms with Crippen LogP contribution in [0.4, 0.5) is 0 Å². The first-order valence-corrected chi connectivity index (χ1v) is 6.01. The molecule has 1 atom stereocenters. The lowest BCUT2D eigenvalue weighted by Crippen LogP contribution is -2.34. The first kappa shape index (κ1) is 12.5. The summed E-state index contributed by atoms with van der Waals surface area (Å²) < 4.78 is 5.22. The van der Waals surface area contributed by atoms with E-state index in [1.807, 2.05) is 0 Å². The van der Waals surface area contributed by atoms with Gasteiger partial charge in [0.25, 0.3) is 0 Å². The molecule has 0 aromatic heterocycles. The van der Waals surface area contributed by atoms with Crippen LogP contribution in [0, 0.1) is 11.8 Å². The molecule has 0 heterocycles.